The summed E-state index contributed by atoms with van der Waals surface area (Å²) < 4.78 is 0. The monoisotopic (exact) mass is 481 g/mol. The van der Waals surface area contributed by atoms with Crippen LogP contribution in [-0.4, -0.2) is 69.9 Å². The van der Waals surface area contributed by atoms with Crippen molar-refractivity contribution in [2.75, 3.05) is 31.1 Å². The molecule has 4 heterocycles. The molecule has 5 rings (SSSR count). The first kappa shape index (κ1) is 21.7. The molecule has 2 aliphatic rings. The Balaban J connectivity index is 1.26. The van der Waals surface area contributed by atoms with Crippen LogP contribution in [0.15, 0.2) is 35.7 Å². The predicted octanol–water partition coefficient (Wildman–Crippen LogP) is 3.62. The van der Waals surface area contributed by atoms with E-state index in [0.29, 0.717) is 49.3 Å². The van der Waals surface area contributed by atoms with Gasteiger partial charge in [-0.2, -0.15) is 0 Å². The molecular weight excluding hydrogens is 458 g/mol. The third kappa shape index (κ3) is 3.83. The first-order valence-corrected chi connectivity index (χ1v) is 12.6. The summed E-state index contributed by atoms with van der Waals surface area (Å²) in [5.74, 6) is -0.728. The number of benzene rings is 1. The molecule has 0 N–H and O–H groups in total. The molecule has 3 aromatic rings. The van der Waals surface area contributed by atoms with Gasteiger partial charge in [0, 0.05) is 37.8 Å². The van der Waals surface area contributed by atoms with E-state index in [1.165, 1.54) is 4.90 Å². The van der Waals surface area contributed by atoms with Gasteiger partial charge in [0.2, 0.25) is 5.13 Å². The second kappa shape index (κ2) is 8.68. The molecule has 3 amide bonds. The van der Waals surface area contributed by atoms with Crippen LogP contribution in [0.1, 0.15) is 51.3 Å². The zero-order valence-corrected chi connectivity index (χ0v) is 20.0. The van der Waals surface area contributed by atoms with Crippen molar-refractivity contribution in [3.05, 3.63) is 52.4 Å². The number of hydrogen-bond acceptors (Lipinski definition) is 8. The molecule has 1 unspecified atom stereocenters. The molecule has 33 heavy (non-hydrogen) atoms. The standard InChI is InChI=1S/C23H23N5O3S2/c1-3-14(2)28-21(30)16-7-6-15(13-17(16)22(28)31)20(29)26-8-10-27(11-9-26)23-25-24-19(33-23)18-5-4-12-32-18/h4-7,12-14H,3,8-11H2,1-2H3. The molecule has 1 aromatic carbocycles. The largest absolute Gasteiger partial charge is 0.343 e. The minimum absolute atomic E-state index is 0.128. The average Bonchev–Trinajstić information content (AvgIpc) is 3.59. The molecule has 8 nitrogen and oxygen atoms in total. The summed E-state index contributed by atoms with van der Waals surface area (Å²) in [5.41, 5.74) is 1.13. The first-order chi connectivity index (χ1) is 16.0. The number of anilines is 1. The number of hydrogen-bond donors (Lipinski definition) is 0. The van der Waals surface area contributed by atoms with E-state index in [1.54, 1.807) is 45.8 Å². The Bertz CT molecular complexity index is 1210. The van der Waals surface area contributed by atoms with Gasteiger partial charge < -0.3 is 9.80 Å². The number of rotatable bonds is 5. The van der Waals surface area contributed by atoms with Crippen LogP contribution in [0.3, 0.4) is 0 Å². The number of aromatic nitrogens is 2. The highest BCUT2D eigenvalue weighted by molar-refractivity contribution is 7.22. The molecule has 0 spiro atoms. The van der Waals surface area contributed by atoms with Gasteiger partial charge in [0.1, 0.15) is 0 Å². The third-order valence-electron chi connectivity index (χ3n) is 6.18. The molecule has 1 saturated heterocycles. The van der Waals surface area contributed by atoms with Crippen LogP contribution < -0.4 is 4.90 Å². The van der Waals surface area contributed by atoms with Crippen molar-refractivity contribution in [2.45, 2.75) is 26.3 Å². The van der Waals surface area contributed by atoms with E-state index >= 15 is 0 Å². The van der Waals surface area contributed by atoms with Crippen LogP contribution in [0.2, 0.25) is 0 Å². The zero-order valence-electron chi connectivity index (χ0n) is 18.4. The molecule has 1 fully saturated rings. The van der Waals surface area contributed by atoms with Crippen molar-refractivity contribution in [3.63, 3.8) is 0 Å². The summed E-state index contributed by atoms with van der Waals surface area (Å²) in [4.78, 5) is 44.9. The second-order valence-electron chi connectivity index (χ2n) is 8.14. The molecule has 0 aliphatic carbocycles. The predicted molar refractivity (Wildman–Crippen MR) is 128 cm³/mol. The van der Waals surface area contributed by atoms with Crippen molar-refractivity contribution in [1.29, 1.82) is 0 Å². The molecule has 0 bridgehead atoms. The van der Waals surface area contributed by atoms with E-state index in [4.69, 9.17) is 0 Å². The van der Waals surface area contributed by atoms with Crippen LogP contribution in [0.25, 0.3) is 9.88 Å². The van der Waals surface area contributed by atoms with E-state index in [0.717, 1.165) is 15.0 Å². The second-order valence-corrected chi connectivity index (χ2v) is 10.0. The van der Waals surface area contributed by atoms with Crippen LogP contribution in [0.5, 0.6) is 0 Å². The molecule has 0 saturated carbocycles. The lowest BCUT2D eigenvalue weighted by atomic mass is 10.0. The van der Waals surface area contributed by atoms with Crippen molar-refractivity contribution in [1.82, 2.24) is 20.0 Å². The summed E-state index contributed by atoms with van der Waals surface area (Å²) in [6.45, 7) is 6.22. The Hall–Kier alpha value is -3.11. The fourth-order valence-corrected chi connectivity index (χ4v) is 5.79. The fraction of sp³-hybridized carbons (Fsp3) is 0.348. The number of carbonyl (C=O) groups is 3. The SMILES string of the molecule is CCC(C)N1C(=O)c2ccc(C(=O)N3CCN(c4nnc(-c5cccs5)s4)CC3)cc2C1=O. The highest BCUT2D eigenvalue weighted by Gasteiger charge is 2.38. The normalized spacial score (nSPS) is 17.0. The Kier molecular flexibility index (Phi) is 5.71. The highest BCUT2D eigenvalue weighted by atomic mass is 32.1. The lowest BCUT2D eigenvalue weighted by molar-refractivity contribution is 0.0593. The van der Waals surface area contributed by atoms with Gasteiger partial charge >= 0.3 is 0 Å². The maximum atomic E-state index is 13.1. The molecular formula is C23H23N5O3S2. The number of imide groups is 1. The van der Waals surface area contributed by atoms with Gasteiger partial charge in [-0.25, -0.2) is 0 Å². The summed E-state index contributed by atoms with van der Waals surface area (Å²) >= 11 is 3.20. The Morgan fingerprint density at radius 3 is 2.52 bits per heavy atom. The van der Waals surface area contributed by atoms with Gasteiger partial charge in [-0.3, -0.25) is 19.3 Å². The van der Waals surface area contributed by atoms with E-state index in [1.807, 2.05) is 31.4 Å². The average molecular weight is 482 g/mol. The summed E-state index contributed by atoms with van der Waals surface area (Å²) in [5, 5.41) is 12.4. The van der Waals surface area contributed by atoms with Crippen molar-refractivity contribution in [3.8, 4) is 9.88 Å². The summed E-state index contributed by atoms with van der Waals surface area (Å²) in [6.07, 6.45) is 0.685. The van der Waals surface area contributed by atoms with Crippen molar-refractivity contribution in [2.24, 2.45) is 0 Å². The van der Waals surface area contributed by atoms with Crippen molar-refractivity contribution >= 4 is 45.5 Å². The lowest BCUT2D eigenvalue weighted by Crippen LogP contribution is -2.48. The quantitative estimate of drug-likeness (QED) is 0.518. The minimum Gasteiger partial charge on any atom is -0.343 e. The Morgan fingerprint density at radius 2 is 1.82 bits per heavy atom. The van der Waals surface area contributed by atoms with Crippen LogP contribution in [-0.2, 0) is 0 Å². The fourth-order valence-electron chi connectivity index (χ4n) is 4.10. The number of carbonyl (C=O) groups excluding carboxylic acids is 3. The van der Waals surface area contributed by atoms with Gasteiger partial charge in [-0.15, -0.1) is 21.5 Å². The van der Waals surface area contributed by atoms with Gasteiger partial charge in [0.05, 0.1) is 16.0 Å². The van der Waals surface area contributed by atoms with E-state index < -0.39 is 0 Å². The summed E-state index contributed by atoms with van der Waals surface area (Å²) in [7, 11) is 0. The lowest BCUT2D eigenvalue weighted by Gasteiger charge is -2.34. The number of thiophene rings is 1. The Labute approximate surface area is 199 Å². The zero-order chi connectivity index (χ0) is 23.1. The summed E-state index contributed by atoms with van der Waals surface area (Å²) in [6, 6.07) is 8.68. The molecule has 2 aliphatic heterocycles. The van der Waals surface area contributed by atoms with Crippen LogP contribution in [0.4, 0.5) is 5.13 Å². The van der Waals surface area contributed by atoms with Gasteiger partial charge in [0.15, 0.2) is 5.01 Å². The first-order valence-electron chi connectivity index (χ1n) is 10.9. The smallest absolute Gasteiger partial charge is 0.261 e. The molecule has 0 radical (unpaired) electrons. The van der Waals surface area contributed by atoms with Crippen LogP contribution in [0, 0.1) is 0 Å². The minimum atomic E-state index is -0.318. The highest BCUT2D eigenvalue weighted by Crippen LogP contribution is 2.32. The van der Waals surface area contributed by atoms with Gasteiger partial charge in [-0.1, -0.05) is 24.3 Å². The third-order valence-corrected chi connectivity index (χ3v) is 8.20. The maximum Gasteiger partial charge on any atom is 0.261 e. The number of fused-ring (bicyclic) bond motifs is 1. The number of amides is 3. The van der Waals surface area contributed by atoms with Gasteiger partial charge in [0.25, 0.3) is 17.7 Å². The Morgan fingerprint density at radius 1 is 1.06 bits per heavy atom. The molecule has 2 aromatic heterocycles. The maximum absolute atomic E-state index is 13.1. The number of nitrogens with zero attached hydrogens (tertiary/aromatic N) is 5. The van der Waals surface area contributed by atoms with Crippen molar-refractivity contribution < 1.29 is 14.4 Å². The van der Waals surface area contributed by atoms with Crippen LogP contribution >= 0.6 is 22.7 Å². The van der Waals surface area contributed by atoms with E-state index in [9.17, 15) is 14.4 Å². The van der Waals surface area contributed by atoms with E-state index in [2.05, 4.69) is 15.1 Å². The molecule has 10 heteroatoms. The van der Waals surface area contributed by atoms with Gasteiger partial charge in [-0.05, 0) is 43.0 Å². The number of piperazine rings is 1. The topological polar surface area (TPSA) is 86.7 Å². The molecule has 170 valence electrons. The van der Waals surface area contributed by atoms with E-state index in [-0.39, 0.29) is 23.8 Å². The molecule has 1 atom stereocenters.